The maximum absolute atomic E-state index is 10.7. The van der Waals surface area contributed by atoms with Gasteiger partial charge < -0.3 is 0 Å². The molecular formula is C8H21CuF6P2-. The second-order valence-corrected chi connectivity index (χ2v) is 11.6. The molecule has 0 nitrogen and oxygen atoms in total. The predicted octanol–water partition coefficient (Wildman–Crippen LogP) is 6.20. The van der Waals surface area contributed by atoms with Gasteiger partial charge in [-0.25, -0.2) is 0 Å². The van der Waals surface area contributed by atoms with Crippen LogP contribution in [0.3, 0.4) is 0 Å². The van der Waals surface area contributed by atoms with Crippen LogP contribution in [0.5, 0.6) is 0 Å². The van der Waals surface area contributed by atoms with Crippen LogP contribution in [0.25, 0.3) is 0 Å². The van der Waals surface area contributed by atoms with Gasteiger partial charge >= 0.3 is 92.6 Å². The van der Waals surface area contributed by atoms with Crippen molar-refractivity contribution in [1.82, 2.24) is 0 Å². The van der Waals surface area contributed by atoms with E-state index in [1.807, 2.05) is 0 Å². The van der Waals surface area contributed by atoms with Gasteiger partial charge in [0.1, 0.15) is 0 Å². The Morgan fingerprint density at radius 1 is 0.647 bits per heavy atom. The molecule has 0 heterocycles. The molecule has 0 fully saturated rings. The molecule has 0 N–H and O–H groups in total. The topological polar surface area (TPSA) is 0 Å². The molecule has 117 valence electrons. The molecule has 1 radical (unpaired) electrons. The third-order valence-corrected chi connectivity index (χ3v) is 9.00. The zero-order chi connectivity index (χ0) is 13.7. The van der Waals surface area contributed by atoms with Gasteiger partial charge in [-0.05, 0) is 0 Å². The molecule has 0 aliphatic rings. The normalized spacial score (nSPS) is 16.8. The summed E-state index contributed by atoms with van der Waals surface area (Å²) in [6.07, 6.45) is 5.93. The summed E-state index contributed by atoms with van der Waals surface area (Å²) in [7, 11) is -11.3. The van der Waals surface area contributed by atoms with Crippen LogP contribution in [-0.4, -0.2) is 24.6 Å². The summed E-state index contributed by atoms with van der Waals surface area (Å²) in [5, 5.41) is 0. The summed E-state index contributed by atoms with van der Waals surface area (Å²) >= 11 is 0. The van der Waals surface area contributed by atoms with Crippen molar-refractivity contribution in [3.8, 4) is 0 Å². The zero-order valence-electron chi connectivity index (χ0n) is 10.3. The van der Waals surface area contributed by atoms with Crippen LogP contribution in [0.1, 0.15) is 27.7 Å². The molecule has 0 aromatic heterocycles. The summed E-state index contributed by atoms with van der Waals surface area (Å²) in [6, 6.07) is 0. The van der Waals surface area contributed by atoms with Crippen molar-refractivity contribution in [1.29, 1.82) is 0 Å². The van der Waals surface area contributed by atoms with Crippen LogP contribution in [0.15, 0.2) is 0 Å². The van der Waals surface area contributed by atoms with Gasteiger partial charge in [0.15, 0.2) is 0 Å². The van der Waals surface area contributed by atoms with Crippen LogP contribution >= 0.6 is 15.1 Å². The molecule has 0 aromatic rings. The third kappa shape index (κ3) is 22.6. The van der Waals surface area contributed by atoms with Crippen molar-refractivity contribution in [3.05, 3.63) is 0 Å². The van der Waals surface area contributed by atoms with E-state index in [9.17, 15) is 25.2 Å². The average molecular weight is 357 g/mol. The van der Waals surface area contributed by atoms with Gasteiger partial charge in [-0.1, -0.05) is 0 Å². The first kappa shape index (κ1) is 23.1. The predicted molar refractivity (Wildman–Crippen MR) is 64.0 cm³/mol. The number of hydrogen-bond donors (Lipinski definition) is 0. The Kier molecular flexibility index (Phi) is 8.70. The Hall–Kier alpha value is 0.959. The van der Waals surface area contributed by atoms with E-state index < -0.39 is 15.1 Å². The average Bonchev–Trinajstić information content (AvgIpc) is 2.04. The van der Waals surface area contributed by atoms with Gasteiger partial charge in [-0.2, -0.15) is 0 Å². The third-order valence-electron chi connectivity index (χ3n) is 3.00. The Balaban J connectivity index is -0.000000224. The van der Waals surface area contributed by atoms with Gasteiger partial charge in [0.05, 0.1) is 0 Å². The van der Waals surface area contributed by atoms with Crippen LogP contribution in [0, 0.1) is 0 Å². The second kappa shape index (κ2) is 6.41. The summed E-state index contributed by atoms with van der Waals surface area (Å²) in [6.45, 7) is 9.46. The minimum absolute atomic E-state index is 0. The van der Waals surface area contributed by atoms with E-state index in [1.54, 1.807) is 0 Å². The van der Waals surface area contributed by atoms with E-state index in [0.29, 0.717) is 0 Å². The monoisotopic (exact) mass is 356 g/mol. The van der Waals surface area contributed by atoms with Gasteiger partial charge in [-0.15, -0.1) is 0 Å². The molecule has 0 amide bonds. The van der Waals surface area contributed by atoms with E-state index in [0.717, 1.165) is 0 Å². The SMILES string of the molecule is CC[PH](CC)(CC)CC.F[P-](F)(F)(F)(F)F.[Cu]. The number of halogens is 6. The quantitative estimate of drug-likeness (QED) is 0.320. The van der Waals surface area contributed by atoms with E-state index in [4.69, 9.17) is 0 Å². The Labute approximate surface area is 110 Å². The van der Waals surface area contributed by atoms with Crippen molar-refractivity contribution >= 4 is 15.1 Å². The maximum atomic E-state index is 9.87. The van der Waals surface area contributed by atoms with Crippen LogP contribution in [0.2, 0.25) is 0 Å². The van der Waals surface area contributed by atoms with Gasteiger partial charge in [-0.3, -0.25) is 0 Å². The molecular weight excluding hydrogens is 336 g/mol. The molecule has 17 heavy (non-hydrogen) atoms. The van der Waals surface area contributed by atoms with Crippen LogP contribution < -0.4 is 0 Å². The van der Waals surface area contributed by atoms with E-state index >= 15 is 0 Å². The number of rotatable bonds is 4. The standard InChI is InChI=1S/C8H21P.Cu.F6P/c1-5-9(6-2,7-3)8-4;;1-7(2,3,4,5)6/h9H,5-8H2,1-4H3;;/q;;-1. The Bertz CT molecular complexity index is 178. The molecule has 0 saturated heterocycles. The molecule has 0 atom stereocenters. The fraction of sp³-hybridized carbons (Fsp3) is 1.00. The summed E-state index contributed by atoms with van der Waals surface area (Å²) in [5.41, 5.74) is 0. The van der Waals surface area contributed by atoms with E-state index in [2.05, 4.69) is 27.7 Å². The first-order valence-electron chi connectivity index (χ1n) is 5.26. The molecule has 0 aromatic carbocycles. The van der Waals surface area contributed by atoms with Gasteiger partial charge in [0.2, 0.25) is 0 Å². The minimum Gasteiger partial charge on any atom is 0 e. The molecule has 0 rings (SSSR count). The Morgan fingerprint density at radius 3 is 0.765 bits per heavy atom. The number of hydrogen-bond acceptors (Lipinski definition) is 0. The van der Waals surface area contributed by atoms with Gasteiger partial charge in [0.25, 0.3) is 0 Å². The smallest absolute Gasteiger partial charge is 0 e. The minimum atomic E-state index is -10.7. The first-order chi connectivity index (χ1) is 6.69. The zero-order valence-corrected chi connectivity index (χ0v) is 13.2. The van der Waals surface area contributed by atoms with Crippen molar-refractivity contribution in [3.63, 3.8) is 0 Å². The molecule has 0 spiro atoms. The summed E-state index contributed by atoms with van der Waals surface area (Å²) < 4.78 is 59.2. The summed E-state index contributed by atoms with van der Waals surface area (Å²) in [5.74, 6) is 0. The Morgan fingerprint density at radius 2 is 0.765 bits per heavy atom. The van der Waals surface area contributed by atoms with Crippen molar-refractivity contribution in [2.24, 2.45) is 0 Å². The van der Waals surface area contributed by atoms with E-state index in [1.165, 1.54) is 24.6 Å². The van der Waals surface area contributed by atoms with E-state index in [-0.39, 0.29) is 17.1 Å². The van der Waals surface area contributed by atoms with Crippen molar-refractivity contribution < 1.29 is 42.3 Å². The molecule has 0 unspecified atom stereocenters. The van der Waals surface area contributed by atoms with Gasteiger partial charge in [0, 0.05) is 17.1 Å². The molecule has 0 saturated carbocycles. The molecule has 0 bridgehead atoms. The molecule has 9 heteroatoms. The van der Waals surface area contributed by atoms with Crippen LogP contribution in [-0.2, 0) is 17.1 Å². The van der Waals surface area contributed by atoms with Crippen molar-refractivity contribution in [2.45, 2.75) is 27.7 Å². The first-order valence-corrected chi connectivity index (χ1v) is 10.1. The molecule has 0 aliphatic heterocycles. The van der Waals surface area contributed by atoms with Crippen molar-refractivity contribution in [2.75, 3.05) is 24.6 Å². The maximum Gasteiger partial charge on any atom is 0 e. The fourth-order valence-corrected chi connectivity index (χ4v) is 4.50. The van der Waals surface area contributed by atoms with Crippen LogP contribution in [0.4, 0.5) is 25.2 Å². The second-order valence-electron chi connectivity index (χ2n) is 3.87. The summed E-state index contributed by atoms with van der Waals surface area (Å²) in [4.78, 5) is 0. The molecule has 0 aliphatic carbocycles. The largest absolute Gasteiger partial charge is 0 e. The fourth-order valence-electron chi connectivity index (χ4n) is 1.50.